The average molecular weight is 252 g/mol. The average Bonchev–Trinajstić information content (AvgIpc) is 2.38. The molecule has 2 N–H and O–H groups in total. The minimum Gasteiger partial charge on any atom is -0.387 e. The lowest BCUT2D eigenvalue weighted by molar-refractivity contribution is 0.168. The van der Waals surface area contributed by atoms with Crippen molar-refractivity contribution in [2.45, 2.75) is 31.4 Å². The number of nitrogens with one attached hydrogen (secondary N) is 1. The van der Waals surface area contributed by atoms with Gasteiger partial charge in [0, 0.05) is 17.6 Å². The molecule has 0 radical (unpaired) electrons. The first kappa shape index (κ1) is 12.6. The van der Waals surface area contributed by atoms with Crippen LogP contribution in [-0.4, -0.2) is 17.7 Å². The monoisotopic (exact) mass is 251 g/mol. The Bertz CT molecular complexity index is 374. The second-order valence-electron chi connectivity index (χ2n) is 4.46. The number of aliphatic hydroxyl groups is 1. The van der Waals surface area contributed by atoms with Crippen LogP contribution in [0.1, 0.15) is 30.9 Å². The second-order valence-corrected chi connectivity index (χ2v) is 4.89. The predicted octanol–water partition coefficient (Wildman–Crippen LogP) is 3.07. The third-order valence-electron chi connectivity index (χ3n) is 3.12. The summed E-state index contributed by atoms with van der Waals surface area (Å²) in [5.41, 5.74) is 0.910. The van der Waals surface area contributed by atoms with Gasteiger partial charge in [-0.15, -0.1) is 0 Å². The van der Waals surface area contributed by atoms with Gasteiger partial charge in [0.15, 0.2) is 0 Å². The Morgan fingerprint density at radius 3 is 2.71 bits per heavy atom. The summed E-state index contributed by atoms with van der Waals surface area (Å²) in [6, 6.07) is 7.86. The first-order valence-electron chi connectivity index (χ1n) is 6.07. The maximum Gasteiger partial charge on any atom is 0.0914 e. The molecular formula is C14H18ClNO. The molecule has 1 aliphatic carbocycles. The summed E-state index contributed by atoms with van der Waals surface area (Å²) in [5.74, 6) is 0. The Kier molecular flexibility index (Phi) is 4.60. The van der Waals surface area contributed by atoms with Crippen LogP contribution in [0.4, 0.5) is 0 Å². The van der Waals surface area contributed by atoms with Gasteiger partial charge in [-0.05, 0) is 37.0 Å². The van der Waals surface area contributed by atoms with E-state index in [2.05, 4.69) is 17.5 Å². The molecule has 0 saturated carbocycles. The van der Waals surface area contributed by atoms with Gasteiger partial charge in [-0.3, -0.25) is 0 Å². The van der Waals surface area contributed by atoms with Crippen molar-refractivity contribution in [3.05, 3.63) is 47.0 Å². The summed E-state index contributed by atoms with van der Waals surface area (Å²) in [5, 5.41) is 14.1. The smallest absolute Gasteiger partial charge is 0.0914 e. The Balaban J connectivity index is 1.82. The SMILES string of the molecule is OC(CNC1CC=CCC1)c1ccc(Cl)cc1. The quantitative estimate of drug-likeness (QED) is 0.806. The van der Waals surface area contributed by atoms with Crippen molar-refractivity contribution in [2.75, 3.05) is 6.54 Å². The van der Waals surface area contributed by atoms with Gasteiger partial charge in [-0.2, -0.15) is 0 Å². The lowest BCUT2D eigenvalue weighted by Crippen LogP contribution is -2.33. The van der Waals surface area contributed by atoms with E-state index in [9.17, 15) is 5.11 Å². The minimum atomic E-state index is -0.460. The summed E-state index contributed by atoms with van der Waals surface area (Å²) in [6.07, 6.45) is 7.31. The minimum absolute atomic E-state index is 0.460. The number of hydrogen-bond acceptors (Lipinski definition) is 2. The maximum absolute atomic E-state index is 10.0. The lowest BCUT2D eigenvalue weighted by Gasteiger charge is -2.21. The predicted molar refractivity (Wildman–Crippen MR) is 71.2 cm³/mol. The normalized spacial score (nSPS) is 21.4. The highest BCUT2D eigenvalue weighted by molar-refractivity contribution is 6.30. The van der Waals surface area contributed by atoms with Gasteiger partial charge in [0.1, 0.15) is 0 Å². The first-order valence-corrected chi connectivity index (χ1v) is 6.45. The van der Waals surface area contributed by atoms with Crippen molar-refractivity contribution in [1.82, 2.24) is 5.32 Å². The molecule has 17 heavy (non-hydrogen) atoms. The van der Waals surface area contributed by atoms with E-state index in [-0.39, 0.29) is 0 Å². The lowest BCUT2D eigenvalue weighted by atomic mass is 10.0. The van der Waals surface area contributed by atoms with Crippen LogP contribution in [0.15, 0.2) is 36.4 Å². The van der Waals surface area contributed by atoms with Crippen molar-refractivity contribution in [3.8, 4) is 0 Å². The summed E-state index contributed by atoms with van der Waals surface area (Å²) < 4.78 is 0. The molecule has 2 nitrogen and oxygen atoms in total. The third kappa shape index (κ3) is 3.84. The largest absolute Gasteiger partial charge is 0.387 e. The first-order chi connectivity index (χ1) is 8.25. The number of rotatable bonds is 4. The molecule has 2 unspecified atom stereocenters. The molecule has 1 aromatic carbocycles. The fourth-order valence-corrected chi connectivity index (χ4v) is 2.19. The van der Waals surface area contributed by atoms with E-state index in [1.807, 2.05) is 24.3 Å². The Morgan fingerprint density at radius 1 is 1.29 bits per heavy atom. The van der Waals surface area contributed by atoms with Crippen LogP contribution in [0, 0.1) is 0 Å². The number of benzene rings is 1. The van der Waals surface area contributed by atoms with Crippen LogP contribution in [0.3, 0.4) is 0 Å². The van der Waals surface area contributed by atoms with Gasteiger partial charge in [-0.1, -0.05) is 35.9 Å². The molecule has 1 aromatic rings. The fraction of sp³-hybridized carbons (Fsp3) is 0.429. The standard InChI is InChI=1S/C14H18ClNO/c15-12-8-6-11(7-9-12)14(17)10-16-13-4-2-1-3-5-13/h1-2,6-9,13-14,16-17H,3-5,10H2. The van der Waals surface area contributed by atoms with Crippen molar-refractivity contribution < 1.29 is 5.11 Å². The molecule has 2 rings (SSSR count). The van der Waals surface area contributed by atoms with E-state index in [4.69, 9.17) is 11.6 Å². The van der Waals surface area contributed by atoms with Gasteiger partial charge in [0.25, 0.3) is 0 Å². The highest BCUT2D eigenvalue weighted by atomic mass is 35.5. The summed E-state index contributed by atoms with van der Waals surface area (Å²) in [6.45, 7) is 0.597. The maximum atomic E-state index is 10.0. The molecule has 1 aliphatic rings. The van der Waals surface area contributed by atoms with E-state index in [0.717, 1.165) is 24.8 Å². The second kappa shape index (κ2) is 6.20. The van der Waals surface area contributed by atoms with Crippen LogP contribution >= 0.6 is 11.6 Å². The topological polar surface area (TPSA) is 32.3 Å². The summed E-state index contributed by atoms with van der Waals surface area (Å²) >= 11 is 5.81. The van der Waals surface area contributed by atoms with Crippen LogP contribution in [0.25, 0.3) is 0 Å². The van der Waals surface area contributed by atoms with E-state index in [1.54, 1.807) is 0 Å². The van der Waals surface area contributed by atoms with Gasteiger partial charge in [0.2, 0.25) is 0 Å². The van der Waals surface area contributed by atoms with Gasteiger partial charge in [-0.25, -0.2) is 0 Å². The van der Waals surface area contributed by atoms with Crippen molar-refractivity contribution in [2.24, 2.45) is 0 Å². The van der Waals surface area contributed by atoms with Crippen LogP contribution in [-0.2, 0) is 0 Å². The molecule has 92 valence electrons. The van der Waals surface area contributed by atoms with Crippen molar-refractivity contribution >= 4 is 11.6 Å². The van der Waals surface area contributed by atoms with Crippen LogP contribution < -0.4 is 5.32 Å². The van der Waals surface area contributed by atoms with Crippen LogP contribution in [0.5, 0.6) is 0 Å². The molecular weight excluding hydrogens is 234 g/mol. The molecule has 0 heterocycles. The Labute approximate surface area is 107 Å². The highest BCUT2D eigenvalue weighted by Crippen LogP contribution is 2.17. The Morgan fingerprint density at radius 2 is 2.06 bits per heavy atom. The van der Waals surface area contributed by atoms with Crippen molar-refractivity contribution in [1.29, 1.82) is 0 Å². The van der Waals surface area contributed by atoms with E-state index < -0.39 is 6.10 Å². The molecule has 0 bridgehead atoms. The van der Waals surface area contributed by atoms with E-state index in [0.29, 0.717) is 17.6 Å². The number of allylic oxidation sites excluding steroid dienone is 1. The molecule has 0 aromatic heterocycles. The van der Waals surface area contributed by atoms with Gasteiger partial charge < -0.3 is 10.4 Å². The van der Waals surface area contributed by atoms with Gasteiger partial charge >= 0.3 is 0 Å². The fourth-order valence-electron chi connectivity index (χ4n) is 2.06. The van der Waals surface area contributed by atoms with E-state index in [1.165, 1.54) is 0 Å². The Hall–Kier alpha value is -0.830. The molecule has 0 fully saturated rings. The summed E-state index contributed by atoms with van der Waals surface area (Å²) in [4.78, 5) is 0. The zero-order valence-corrected chi connectivity index (χ0v) is 10.5. The number of aliphatic hydroxyl groups excluding tert-OH is 1. The molecule has 2 atom stereocenters. The zero-order valence-electron chi connectivity index (χ0n) is 9.77. The molecule has 3 heteroatoms. The van der Waals surface area contributed by atoms with Crippen molar-refractivity contribution in [3.63, 3.8) is 0 Å². The molecule has 0 aliphatic heterocycles. The third-order valence-corrected chi connectivity index (χ3v) is 3.38. The molecule has 0 spiro atoms. The van der Waals surface area contributed by atoms with Crippen LogP contribution in [0.2, 0.25) is 5.02 Å². The number of halogens is 1. The van der Waals surface area contributed by atoms with Gasteiger partial charge in [0.05, 0.1) is 6.10 Å². The number of hydrogen-bond donors (Lipinski definition) is 2. The summed E-state index contributed by atoms with van der Waals surface area (Å²) in [7, 11) is 0. The molecule has 0 saturated heterocycles. The molecule has 0 amide bonds. The highest BCUT2D eigenvalue weighted by Gasteiger charge is 2.12. The zero-order chi connectivity index (χ0) is 12.1. The van der Waals surface area contributed by atoms with E-state index >= 15 is 0 Å².